The van der Waals surface area contributed by atoms with Crippen molar-refractivity contribution in [2.75, 3.05) is 20.8 Å². The minimum atomic E-state index is -1.38. The maximum atomic E-state index is 10.7. The Morgan fingerprint density at radius 3 is 2.60 bits per heavy atom. The van der Waals surface area contributed by atoms with Gasteiger partial charge in [-0.3, -0.25) is 9.63 Å². The fourth-order valence-electron chi connectivity index (χ4n) is 0.378. The van der Waals surface area contributed by atoms with E-state index in [0.717, 1.165) is 5.06 Å². The van der Waals surface area contributed by atoms with Gasteiger partial charge in [-0.2, -0.15) is 0 Å². The van der Waals surface area contributed by atoms with Crippen molar-refractivity contribution in [3.63, 3.8) is 0 Å². The third-order valence-corrected chi connectivity index (χ3v) is 1.04. The first-order chi connectivity index (χ1) is 4.63. The van der Waals surface area contributed by atoms with Gasteiger partial charge in [-0.1, -0.05) is 0 Å². The van der Waals surface area contributed by atoms with Crippen LogP contribution in [0.4, 0.5) is 0 Å². The maximum absolute atomic E-state index is 10.7. The van der Waals surface area contributed by atoms with Gasteiger partial charge in [-0.25, -0.2) is 5.06 Å². The van der Waals surface area contributed by atoms with Gasteiger partial charge >= 0.3 is 0 Å². The Kier molecular flexibility index (Phi) is 3.94. The summed E-state index contributed by atoms with van der Waals surface area (Å²) in [6, 6.07) is 0. The van der Waals surface area contributed by atoms with Crippen LogP contribution in [0.25, 0.3) is 0 Å². The van der Waals surface area contributed by atoms with Crippen LogP contribution in [0.2, 0.25) is 0 Å². The highest BCUT2D eigenvalue weighted by Gasteiger charge is 2.17. The van der Waals surface area contributed by atoms with E-state index in [1.165, 1.54) is 14.2 Å². The van der Waals surface area contributed by atoms with Crippen LogP contribution >= 0.6 is 0 Å². The van der Waals surface area contributed by atoms with E-state index in [0.29, 0.717) is 0 Å². The second-order valence-corrected chi connectivity index (χ2v) is 1.72. The minimum absolute atomic E-state index is 0.591. The number of amides is 1. The average molecular weight is 149 g/mol. The maximum Gasteiger partial charge on any atom is 0.277 e. The van der Waals surface area contributed by atoms with Crippen LogP contribution in [0.1, 0.15) is 0 Å². The SMILES string of the molecule is CON(C)C(=O)[C@@H](O)CO. The smallest absolute Gasteiger partial charge is 0.277 e. The summed E-state index contributed by atoms with van der Waals surface area (Å²) in [5, 5.41) is 17.9. The lowest BCUT2D eigenvalue weighted by atomic mass is 10.3. The van der Waals surface area contributed by atoms with E-state index in [9.17, 15) is 4.79 Å². The molecule has 0 saturated carbocycles. The third-order valence-electron chi connectivity index (χ3n) is 1.04. The molecule has 0 aromatic rings. The van der Waals surface area contributed by atoms with Crippen LogP contribution < -0.4 is 0 Å². The Morgan fingerprint density at radius 2 is 2.30 bits per heavy atom. The van der Waals surface area contributed by atoms with E-state index < -0.39 is 18.6 Å². The van der Waals surface area contributed by atoms with E-state index in [1.807, 2.05) is 0 Å². The Labute approximate surface area is 58.8 Å². The third kappa shape index (κ3) is 2.30. The number of nitrogens with zero attached hydrogens (tertiary/aromatic N) is 1. The largest absolute Gasteiger partial charge is 0.393 e. The first kappa shape index (κ1) is 9.35. The highest BCUT2D eigenvalue weighted by molar-refractivity contribution is 5.79. The number of hydrogen-bond donors (Lipinski definition) is 2. The predicted molar refractivity (Wildman–Crippen MR) is 32.9 cm³/mol. The van der Waals surface area contributed by atoms with E-state index in [2.05, 4.69) is 4.84 Å². The molecule has 0 saturated heterocycles. The highest BCUT2D eigenvalue weighted by atomic mass is 16.7. The molecule has 5 heteroatoms. The molecule has 0 aliphatic rings. The van der Waals surface area contributed by atoms with Crippen molar-refractivity contribution in [2.45, 2.75) is 6.10 Å². The van der Waals surface area contributed by atoms with Crippen molar-refractivity contribution in [1.82, 2.24) is 5.06 Å². The van der Waals surface area contributed by atoms with Crippen LogP contribution in [-0.2, 0) is 9.63 Å². The number of aliphatic hydroxyl groups excluding tert-OH is 2. The normalized spacial score (nSPS) is 12.8. The predicted octanol–water partition coefficient (Wildman–Crippen LogP) is -1.64. The zero-order valence-electron chi connectivity index (χ0n) is 5.94. The van der Waals surface area contributed by atoms with Crippen molar-refractivity contribution in [3.8, 4) is 0 Å². The molecule has 5 nitrogen and oxygen atoms in total. The number of hydroxylamine groups is 2. The molecule has 0 radical (unpaired) electrons. The second kappa shape index (κ2) is 4.21. The lowest BCUT2D eigenvalue weighted by molar-refractivity contribution is -0.179. The van der Waals surface area contributed by atoms with Crippen LogP contribution in [0.5, 0.6) is 0 Å². The second-order valence-electron chi connectivity index (χ2n) is 1.72. The number of carbonyl (C=O) groups is 1. The molecule has 0 heterocycles. The van der Waals surface area contributed by atoms with Crippen LogP contribution in [-0.4, -0.2) is 48.1 Å². The quantitative estimate of drug-likeness (QED) is 0.472. The number of hydrogen-bond acceptors (Lipinski definition) is 4. The lowest BCUT2D eigenvalue weighted by Crippen LogP contribution is -2.37. The van der Waals surface area contributed by atoms with Gasteiger partial charge in [0.2, 0.25) is 0 Å². The Hall–Kier alpha value is -0.650. The summed E-state index contributed by atoms with van der Waals surface area (Å²) in [6.45, 7) is -0.591. The summed E-state index contributed by atoms with van der Waals surface area (Å²) in [4.78, 5) is 15.1. The van der Waals surface area contributed by atoms with Gasteiger partial charge in [-0.05, 0) is 0 Å². The van der Waals surface area contributed by atoms with Gasteiger partial charge in [-0.15, -0.1) is 0 Å². The first-order valence-electron chi connectivity index (χ1n) is 2.74. The number of carbonyl (C=O) groups excluding carboxylic acids is 1. The molecule has 0 spiro atoms. The summed E-state index contributed by atoms with van der Waals surface area (Å²) in [5.41, 5.74) is 0. The molecular weight excluding hydrogens is 138 g/mol. The fourth-order valence-corrected chi connectivity index (χ4v) is 0.378. The average Bonchev–Trinajstić information content (AvgIpc) is 2.00. The Morgan fingerprint density at radius 1 is 1.80 bits per heavy atom. The molecule has 0 unspecified atom stereocenters. The van der Waals surface area contributed by atoms with Crippen molar-refractivity contribution in [3.05, 3.63) is 0 Å². The summed E-state index contributed by atoms with van der Waals surface area (Å²) in [7, 11) is 2.64. The summed E-state index contributed by atoms with van der Waals surface area (Å²) in [5.74, 6) is -0.662. The molecule has 0 aliphatic heterocycles. The zero-order chi connectivity index (χ0) is 8.15. The molecule has 0 aliphatic carbocycles. The molecule has 0 fully saturated rings. The Balaban J connectivity index is 3.82. The minimum Gasteiger partial charge on any atom is -0.393 e. The van der Waals surface area contributed by atoms with E-state index >= 15 is 0 Å². The summed E-state index contributed by atoms with van der Waals surface area (Å²) >= 11 is 0. The van der Waals surface area contributed by atoms with Gasteiger partial charge in [0.1, 0.15) is 0 Å². The van der Waals surface area contributed by atoms with Crippen molar-refractivity contribution in [2.24, 2.45) is 0 Å². The number of rotatable bonds is 3. The van der Waals surface area contributed by atoms with Gasteiger partial charge in [0.15, 0.2) is 6.10 Å². The van der Waals surface area contributed by atoms with Crippen molar-refractivity contribution >= 4 is 5.91 Å². The molecule has 0 rings (SSSR count). The van der Waals surface area contributed by atoms with Gasteiger partial charge in [0, 0.05) is 7.05 Å². The van der Waals surface area contributed by atoms with Gasteiger partial charge in [0.25, 0.3) is 5.91 Å². The molecule has 0 bridgehead atoms. The zero-order valence-corrected chi connectivity index (χ0v) is 5.94. The van der Waals surface area contributed by atoms with E-state index in [4.69, 9.17) is 10.2 Å². The summed E-state index contributed by atoms with van der Waals surface area (Å²) in [6.07, 6.45) is -1.38. The molecular formula is C5H11NO4. The Bertz CT molecular complexity index is 104. The molecule has 1 amide bonds. The van der Waals surface area contributed by atoms with Crippen LogP contribution in [0.3, 0.4) is 0 Å². The summed E-state index contributed by atoms with van der Waals surface area (Å²) < 4.78 is 0. The molecule has 10 heavy (non-hydrogen) atoms. The highest BCUT2D eigenvalue weighted by Crippen LogP contribution is 1.90. The number of aliphatic hydroxyl groups is 2. The molecule has 2 N–H and O–H groups in total. The monoisotopic (exact) mass is 149 g/mol. The number of likely N-dealkylation sites (N-methyl/N-ethyl adjacent to an activating group) is 1. The van der Waals surface area contributed by atoms with E-state index in [1.54, 1.807) is 0 Å². The standard InChI is InChI=1S/C5H11NO4/c1-6(10-2)5(9)4(8)3-7/h4,7-8H,3H2,1-2H3/t4-/m0/s1. The van der Waals surface area contributed by atoms with Gasteiger partial charge < -0.3 is 10.2 Å². The first-order valence-corrected chi connectivity index (χ1v) is 2.74. The van der Waals surface area contributed by atoms with E-state index in [-0.39, 0.29) is 0 Å². The van der Waals surface area contributed by atoms with Crippen molar-refractivity contribution in [1.29, 1.82) is 0 Å². The molecule has 0 aromatic carbocycles. The lowest BCUT2D eigenvalue weighted by Gasteiger charge is -2.15. The van der Waals surface area contributed by atoms with Crippen LogP contribution in [0, 0.1) is 0 Å². The molecule has 1 atom stereocenters. The molecule has 0 aromatic heterocycles. The van der Waals surface area contributed by atoms with Gasteiger partial charge in [0.05, 0.1) is 13.7 Å². The molecule has 60 valence electrons. The topological polar surface area (TPSA) is 70.0 Å². The van der Waals surface area contributed by atoms with Crippen LogP contribution in [0.15, 0.2) is 0 Å². The fraction of sp³-hybridized carbons (Fsp3) is 0.800. The van der Waals surface area contributed by atoms with Crippen molar-refractivity contribution < 1.29 is 19.8 Å².